The van der Waals surface area contributed by atoms with Gasteiger partial charge in [0.2, 0.25) is 5.91 Å². The number of imidazole rings is 1. The van der Waals surface area contributed by atoms with E-state index in [-0.39, 0.29) is 12.5 Å². The highest BCUT2D eigenvalue weighted by Gasteiger charge is 2.28. The van der Waals surface area contributed by atoms with Gasteiger partial charge in [-0.05, 0) is 36.5 Å². The molecule has 128 valence electrons. The van der Waals surface area contributed by atoms with E-state index in [9.17, 15) is 4.79 Å². The second kappa shape index (κ2) is 6.18. The predicted molar refractivity (Wildman–Crippen MR) is 94.5 cm³/mol. The van der Waals surface area contributed by atoms with Gasteiger partial charge in [0.15, 0.2) is 11.5 Å². The zero-order valence-electron chi connectivity index (χ0n) is 13.6. The summed E-state index contributed by atoms with van der Waals surface area (Å²) >= 11 is 0. The molecule has 25 heavy (non-hydrogen) atoms. The van der Waals surface area contributed by atoms with Gasteiger partial charge in [-0.1, -0.05) is 6.07 Å². The van der Waals surface area contributed by atoms with Crippen LogP contribution in [0.4, 0.5) is 5.82 Å². The highest BCUT2D eigenvalue weighted by molar-refractivity contribution is 5.95. The van der Waals surface area contributed by atoms with E-state index >= 15 is 0 Å². The van der Waals surface area contributed by atoms with Gasteiger partial charge in [0, 0.05) is 30.1 Å². The van der Waals surface area contributed by atoms with E-state index in [1.54, 1.807) is 18.5 Å². The minimum absolute atomic E-state index is 0.0234. The summed E-state index contributed by atoms with van der Waals surface area (Å²) in [6.45, 7) is 0.434. The van der Waals surface area contributed by atoms with Crippen molar-refractivity contribution in [3.8, 4) is 11.3 Å². The standard InChI is InChI=1S/C18H19N5O2/c19-16(25)13-4-3-12(9-14(13)11-1-2-11)15-10-22-18-17(21-6-8-24)20-5-7-23(15)18/h3-5,7,9-11,24H,1-2,6,8H2,(H2,19,25)(H,20,21). The number of nitrogens with two attached hydrogens (primary N) is 1. The summed E-state index contributed by atoms with van der Waals surface area (Å²) < 4.78 is 1.95. The monoisotopic (exact) mass is 337 g/mol. The highest BCUT2D eigenvalue weighted by Crippen LogP contribution is 2.43. The van der Waals surface area contributed by atoms with Gasteiger partial charge in [-0.3, -0.25) is 9.20 Å². The molecule has 7 heteroatoms. The normalized spacial score (nSPS) is 14.0. The van der Waals surface area contributed by atoms with E-state index in [1.807, 2.05) is 22.7 Å². The first kappa shape index (κ1) is 15.6. The van der Waals surface area contributed by atoms with Gasteiger partial charge < -0.3 is 16.2 Å². The van der Waals surface area contributed by atoms with Crippen LogP contribution in [0.25, 0.3) is 16.9 Å². The molecule has 1 aromatic carbocycles. The van der Waals surface area contributed by atoms with Crippen molar-refractivity contribution >= 4 is 17.4 Å². The third-order valence-corrected chi connectivity index (χ3v) is 4.46. The Morgan fingerprint density at radius 2 is 2.20 bits per heavy atom. The summed E-state index contributed by atoms with van der Waals surface area (Å²) in [4.78, 5) is 20.4. The van der Waals surface area contributed by atoms with Crippen LogP contribution in [0.15, 0.2) is 36.8 Å². The fourth-order valence-corrected chi connectivity index (χ4v) is 3.11. The van der Waals surface area contributed by atoms with E-state index in [0.29, 0.717) is 29.5 Å². The Labute approximate surface area is 144 Å². The van der Waals surface area contributed by atoms with E-state index in [4.69, 9.17) is 10.8 Å². The number of nitrogens with zero attached hydrogens (tertiary/aromatic N) is 3. The summed E-state index contributed by atoms with van der Waals surface area (Å²) in [6.07, 6.45) is 7.52. The number of hydrogen-bond acceptors (Lipinski definition) is 5. The van der Waals surface area contributed by atoms with Crippen molar-refractivity contribution in [1.82, 2.24) is 14.4 Å². The zero-order valence-corrected chi connectivity index (χ0v) is 13.6. The van der Waals surface area contributed by atoms with Crippen LogP contribution in [0, 0.1) is 0 Å². The van der Waals surface area contributed by atoms with Crippen molar-refractivity contribution < 1.29 is 9.90 Å². The number of fused-ring (bicyclic) bond motifs is 1. The molecule has 1 amide bonds. The number of carbonyl (C=O) groups is 1. The molecule has 0 radical (unpaired) electrons. The second-order valence-electron chi connectivity index (χ2n) is 6.20. The van der Waals surface area contributed by atoms with E-state index in [1.165, 1.54) is 0 Å². The van der Waals surface area contributed by atoms with Crippen LogP contribution in [0.3, 0.4) is 0 Å². The number of amides is 1. The van der Waals surface area contributed by atoms with Gasteiger partial charge in [0.05, 0.1) is 18.5 Å². The number of aliphatic hydroxyl groups excluding tert-OH is 1. The minimum atomic E-state index is -0.383. The topological polar surface area (TPSA) is 106 Å². The van der Waals surface area contributed by atoms with Crippen molar-refractivity contribution in [3.63, 3.8) is 0 Å². The van der Waals surface area contributed by atoms with Crippen molar-refractivity contribution in [2.45, 2.75) is 18.8 Å². The van der Waals surface area contributed by atoms with Gasteiger partial charge in [-0.25, -0.2) is 9.97 Å². The van der Waals surface area contributed by atoms with E-state index < -0.39 is 0 Å². The zero-order chi connectivity index (χ0) is 17.4. The molecule has 2 heterocycles. The maximum Gasteiger partial charge on any atom is 0.248 e. The first-order valence-corrected chi connectivity index (χ1v) is 8.30. The second-order valence-corrected chi connectivity index (χ2v) is 6.20. The average molecular weight is 337 g/mol. The molecule has 1 fully saturated rings. The Bertz CT molecular complexity index is 946. The Kier molecular flexibility index (Phi) is 3.85. The molecule has 0 spiro atoms. The fraction of sp³-hybridized carbons (Fsp3) is 0.278. The van der Waals surface area contributed by atoms with Crippen molar-refractivity contribution in [2.24, 2.45) is 5.73 Å². The lowest BCUT2D eigenvalue weighted by Gasteiger charge is -2.10. The average Bonchev–Trinajstić information content (AvgIpc) is 3.38. The van der Waals surface area contributed by atoms with Crippen LogP contribution in [0.5, 0.6) is 0 Å². The predicted octanol–water partition coefficient (Wildman–Crippen LogP) is 1.78. The fourth-order valence-electron chi connectivity index (χ4n) is 3.11. The number of benzene rings is 1. The van der Waals surface area contributed by atoms with Crippen LogP contribution < -0.4 is 11.1 Å². The summed E-state index contributed by atoms with van der Waals surface area (Å²) in [5.74, 6) is 0.662. The number of rotatable bonds is 6. The number of anilines is 1. The Hall–Kier alpha value is -2.93. The molecule has 0 aliphatic heterocycles. The molecule has 1 aliphatic rings. The maximum atomic E-state index is 11.7. The van der Waals surface area contributed by atoms with Crippen molar-refractivity contribution in [2.75, 3.05) is 18.5 Å². The van der Waals surface area contributed by atoms with Gasteiger partial charge in [-0.15, -0.1) is 0 Å². The van der Waals surface area contributed by atoms with Gasteiger partial charge in [0.25, 0.3) is 0 Å². The molecule has 1 saturated carbocycles. The Morgan fingerprint density at radius 1 is 1.36 bits per heavy atom. The molecule has 1 aliphatic carbocycles. The van der Waals surface area contributed by atoms with Gasteiger partial charge in [0.1, 0.15) is 0 Å². The van der Waals surface area contributed by atoms with Crippen molar-refractivity contribution in [1.29, 1.82) is 0 Å². The number of nitrogens with one attached hydrogen (secondary N) is 1. The van der Waals surface area contributed by atoms with Crippen LogP contribution in [-0.4, -0.2) is 38.5 Å². The number of carbonyl (C=O) groups excluding carboxylic acids is 1. The molecule has 3 aromatic rings. The maximum absolute atomic E-state index is 11.7. The lowest BCUT2D eigenvalue weighted by molar-refractivity contribution is 0.0999. The summed E-state index contributed by atoms with van der Waals surface area (Å²) in [6, 6.07) is 5.75. The molecule has 0 unspecified atom stereocenters. The van der Waals surface area contributed by atoms with Crippen LogP contribution in [-0.2, 0) is 0 Å². The molecule has 0 saturated heterocycles. The van der Waals surface area contributed by atoms with Crippen LogP contribution in [0.2, 0.25) is 0 Å². The van der Waals surface area contributed by atoms with E-state index in [2.05, 4.69) is 15.3 Å². The van der Waals surface area contributed by atoms with Crippen molar-refractivity contribution in [3.05, 3.63) is 47.9 Å². The molecule has 2 aromatic heterocycles. The number of primary amides is 1. The van der Waals surface area contributed by atoms with E-state index in [0.717, 1.165) is 29.7 Å². The smallest absolute Gasteiger partial charge is 0.248 e. The lowest BCUT2D eigenvalue weighted by atomic mass is 9.98. The third-order valence-electron chi connectivity index (χ3n) is 4.46. The molecule has 0 bridgehead atoms. The molecule has 4 N–H and O–H groups in total. The van der Waals surface area contributed by atoms with Crippen LogP contribution >= 0.6 is 0 Å². The summed E-state index contributed by atoms with van der Waals surface area (Å²) in [7, 11) is 0. The Morgan fingerprint density at radius 3 is 2.92 bits per heavy atom. The SMILES string of the molecule is NC(=O)c1ccc(-c2cnc3c(NCCO)nccn23)cc1C1CC1. The molecular formula is C18H19N5O2. The largest absolute Gasteiger partial charge is 0.395 e. The summed E-state index contributed by atoms with van der Waals surface area (Å²) in [5, 5.41) is 12.0. The molecule has 7 nitrogen and oxygen atoms in total. The molecular weight excluding hydrogens is 318 g/mol. The Balaban J connectivity index is 1.80. The molecule has 4 rings (SSSR count). The number of aliphatic hydroxyl groups is 1. The molecule has 0 atom stereocenters. The van der Waals surface area contributed by atoms with Gasteiger partial charge >= 0.3 is 0 Å². The van der Waals surface area contributed by atoms with Gasteiger partial charge in [-0.2, -0.15) is 0 Å². The number of aromatic nitrogens is 3. The minimum Gasteiger partial charge on any atom is -0.395 e. The number of hydrogen-bond donors (Lipinski definition) is 3. The first-order chi connectivity index (χ1) is 12.2. The third kappa shape index (κ3) is 2.83. The first-order valence-electron chi connectivity index (χ1n) is 8.30. The lowest BCUT2D eigenvalue weighted by Crippen LogP contribution is -2.13. The quantitative estimate of drug-likeness (QED) is 0.636. The van der Waals surface area contributed by atoms with Crippen LogP contribution in [0.1, 0.15) is 34.7 Å². The highest BCUT2D eigenvalue weighted by atomic mass is 16.3. The summed E-state index contributed by atoms with van der Waals surface area (Å²) in [5.41, 5.74) is 9.73.